The Balaban J connectivity index is 1.82. The number of rotatable bonds is 4. The molecule has 1 aliphatic rings. The van der Waals surface area contributed by atoms with Crippen LogP contribution in [0.4, 0.5) is 0 Å². The van der Waals surface area contributed by atoms with Crippen LogP contribution in [-0.4, -0.2) is 39.3 Å². The number of aromatic nitrogens is 3. The van der Waals surface area contributed by atoms with Crippen molar-refractivity contribution in [1.82, 2.24) is 18.4 Å². The van der Waals surface area contributed by atoms with Crippen LogP contribution in [0.2, 0.25) is 5.02 Å². The van der Waals surface area contributed by atoms with Crippen LogP contribution in [0.3, 0.4) is 0 Å². The summed E-state index contributed by atoms with van der Waals surface area (Å²) in [4.78, 5) is 16.1. The van der Waals surface area contributed by atoms with Gasteiger partial charge in [-0.15, -0.1) is 0 Å². The van der Waals surface area contributed by atoms with Crippen molar-refractivity contribution in [3.8, 4) is 11.3 Å². The Hall–Kier alpha value is -2.62. The molecule has 28 heavy (non-hydrogen) atoms. The predicted octanol–water partition coefficient (Wildman–Crippen LogP) is 1.85. The van der Waals surface area contributed by atoms with Crippen molar-refractivity contribution in [1.29, 1.82) is 0 Å². The summed E-state index contributed by atoms with van der Waals surface area (Å²) in [7, 11) is -2.10. The first-order valence-electron chi connectivity index (χ1n) is 8.55. The van der Waals surface area contributed by atoms with Crippen molar-refractivity contribution in [2.24, 2.45) is 12.8 Å². The number of sulfonamides is 1. The van der Waals surface area contributed by atoms with E-state index in [2.05, 4.69) is 4.98 Å². The molecule has 1 aromatic carbocycles. The van der Waals surface area contributed by atoms with E-state index in [0.29, 0.717) is 17.9 Å². The van der Waals surface area contributed by atoms with E-state index in [9.17, 15) is 13.2 Å². The number of nitrogens with two attached hydrogens (primary N) is 1. The molecule has 3 heterocycles. The lowest BCUT2D eigenvalue weighted by Crippen LogP contribution is -2.39. The molecular formula is C18H18ClN5O3S. The molecule has 8 nitrogen and oxygen atoms in total. The summed E-state index contributed by atoms with van der Waals surface area (Å²) in [6.45, 7) is 0.567. The zero-order chi connectivity index (χ0) is 20.1. The first-order chi connectivity index (χ1) is 13.3. The van der Waals surface area contributed by atoms with E-state index in [-0.39, 0.29) is 28.7 Å². The third-order valence-electron chi connectivity index (χ3n) is 4.79. The maximum atomic E-state index is 12.9. The summed E-state index contributed by atoms with van der Waals surface area (Å²) in [5, 5.41) is 0.204. The molecular weight excluding hydrogens is 402 g/mol. The van der Waals surface area contributed by atoms with Crippen LogP contribution in [0.15, 0.2) is 47.9 Å². The smallest absolute Gasteiger partial charge is 0.262 e. The maximum absolute atomic E-state index is 12.9. The van der Waals surface area contributed by atoms with Gasteiger partial charge in [0, 0.05) is 32.0 Å². The summed E-state index contributed by atoms with van der Waals surface area (Å²) < 4.78 is 30.6. The van der Waals surface area contributed by atoms with Crippen LogP contribution in [0.5, 0.6) is 0 Å². The molecule has 0 unspecified atom stereocenters. The number of imidazole rings is 1. The van der Waals surface area contributed by atoms with Crippen molar-refractivity contribution >= 4 is 27.5 Å². The van der Waals surface area contributed by atoms with E-state index in [1.54, 1.807) is 11.6 Å². The molecule has 0 aliphatic carbocycles. The lowest BCUT2D eigenvalue weighted by atomic mass is 10.1. The molecule has 10 heteroatoms. The Morgan fingerprint density at radius 3 is 2.54 bits per heavy atom. The number of aryl methyl sites for hydroxylation is 1. The van der Waals surface area contributed by atoms with Gasteiger partial charge in [0.2, 0.25) is 0 Å². The van der Waals surface area contributed by atoms with Gasteiger partial charge in [-0.05, 0) is 5.56 Å². The summed E-state index contributed by atoms with van der Waals surface area (Å²) in [6.07, 6.45) is 2.87. The third-order valence-corrected chi connectivity index (χ3v) is 6.89. The summed E-state index contributed by atoms with van der Waals surface area (Å²) in [5.41, 5.74) is 7.72. The van der Waals surface area contributed by atoms with E-state index in [4.69, 9.17) is 17.3 Å². The molecule has 0 saturated carbocycles. The highest BCUT2D eigenvalue weighted by Crippen LogP contribution is 2.38. The van der Waals surface area contributed by atoms with Gasteiger partial charge in [-0.25, -0.2) is 13.4 Å². The zero-order valence-electron chi connectivity index (χ0n) is 15.0. The lowest BCUT2D eigenvalue weighted by Gasteiger charge is -2.28. The second kappa shape index (κ2) is 6.77. The number of benzene rings is 1. The van der Waals surface area contributed by atoms with Crippen LogP contribution in [0.1, 0.15) is 16.1 Å². The topological polar surface area (TPSA) is 103 Å². The standard InChI is InChI=1S/C18H18ClN5O3S/c1-22-10-14(21-11-22)28(26,27)23-7-8-24-13(9-23)15(18(20)25)16(19)17(24)12-5-3-2-4-6-12/h2-6,10-11H,7-9H2,1H3,(H2,20,25). The third kappa shape index (κ3) is 2.92. The Bertz CT molecular complexity index is 1170. The highest BCUT2D eigenvalue weighted by molar-refractivity contribution is 7.89. The van der Waals surface area contributed by atoms with Crippen molar-refractivity contribution in [3.63, 3.8) is 0 Å². The molecule has 0 saturated heterocycles. The molecule has 146 valence electrons. The average Bonchev–Trinajstić information content (AvgIpc) is 3.22. The lowest BCUT2D eigenvalue weighted by molar-refractivity contribution is 0.0998. The number of hydrogen-bond acceptors (Lipinski definition) is 4. The minimum atomic E-state index is -3.80. The van der Waals surface area contributed by atoms with Crippen LogP contribution in [0.25, 0.3) is 11.3 Å². The van der Waals surface area contributed by atoms with Crippen molar-refractivity contribution in [2.45, 2.75) is 18.1 Å². The fraction of sp³-hybridized carbons (Fsp3) is 0.222. The fourth-order valence-electron chi connectivity index (χ4n) is 3.49. The van der Waals surface area contributed by atoms with E-state index < -0.39 is 15.9 Å². The van der Waals surface area contributed by atoms with Gasteiger partial charge in [-0.1, -0.05) is 41.9 Å². The Morgan fingerprint density at radius 1 is 1.21 bits per heavy atom. The van der Waals surface area contributed by atoms with Gasteiger partial charge < -0.3 is 14.9 Å². The van der Waals surface area contributed by atoms with Gasteiger partial charge in [0.25, 0.3) is 15.9 Å². The van der Waals surface area contributed by atoms with Gasteiger partial charge in [-0.2, -0.15) is 4.31 Å². The quantitative estimate of drug-likeness (QED) is 0.696. The van der Waals surface area contributed by atoms with E-state index in [0.717, 1.165) is 5.56 Å². The van der Waals surface area contributed by atoms with Crippen LogP contribution >= 0.6 is 11.6 Å². The first kappa shape index (κ1) is 18.7. The molecule has 0 atom stereocenters. The summed E-state index contributed by atoms with van der Waals surface area (Å²) in [6, 6.07) is 9.40. The highest BCUT2D eigenvalue weighted by Gasteiger charge is 2.35. The monoisotopic (exact) mass is 419 g/mol. The normalized spacial score (nSPS) is 14.8. The van der Waals surface area contributed by atoms with E-state index in [1.165, 1.54) is 16.8 Å². The maximum Gasteiger partial charge on any atom is 0.262 e. The second-order valence-corrected chi connectivity index (χ2v) is 8.84. The van der Waals surface area contributed by atoms with Gasteiger partial charge in [0.05, 0.1) is 29.2 Å². The Kier molecular flexibility index (Phi) is 4.53. The van der Waals surface area contributed by atoms with E-state index in [1.807, 2.05) is 34.9 Å². The average molecular weight is 420 g/mol. The molecule has 0 fully saturated rings. The predicted molar refractivity (Wildman–Crippen MR) is 104 cm³/mol. The molecule has 2 N–H and O–H groups in total. The molecule has 0 radical (unpaired) electrons. The van der Waals surface area contributed by atoms with Crippen molar-refractivity contribution in [2.75, 3.05) is 6.54 Å². The Morgan fingerprint density at radius 2 is 1.93 bits per heavy atom. The molecule has 1 aliphatic heterocycles. The number of hydrogen-bond donors (Lipinski definition) is 1. The fourth-order valence-corrected chi connectivity index (χ4v) is 5.26. The van der Waals surface area contributed by atoms with Crippen LogP contribution in [-0.2, 0) is 30.2 Å². The molecule has 0 spiro atoms. The van der Waals surface area contributed by atoms with Gasteiger partial charge in [0.15, 0.2) is 5.03 Å². The second-order valence-electron chi connectivity index (χ2n) is 6.58. The number of carbonyl (C=O) groups is 1. The SMILES string of the molecule is Cn1cnc(S(=O)(=O)N2CCn3c(c(C(N)=O)c(Cl)c3-c3ccccc3)C2)c1. The highest BCUT2D eigenvalue weighted by atomic mass is 35.5. The number of nitrogens with zero attached hydrogens (tertiary/aromatic N) is 4. The minimum Gasteiger partial charge on any atom is -0.365 e. The van der Waals surface area contributed by atoms with Crippen LogP contribution < -0.4 is 5.73 Å². The minimum absolute atomic E-state index is 0.0102. The summed E-state index contributed by atoms with van der Waals surface area (Å²) >= 11 is 6.53. The van der Waals surface area contributed by atoms with Gasteiger partial charge in [-0.3, -0.25) is 4.79 Å². The molecule has 3 aromatic rings. The number of primary amides is 1. The van der Waals surface area contributed by atoms with Crippen molar-refractivity contribution in [3.05, 3.63) is 59.1 Å². The largest absolute Gasteiger partial charge is 0.365 e. The zero-order valence-corrected chi connectivity index (χ0v) is 16.6. The molecule has 4 rings (SSSR count). The first-order valence-corrected chi connectivity index (χ1v) is 10.4. The molecule has 0 bridgehead atoms. The number of fused-ring (bicyclic) bond motifs is 1. The molecule has 2 aromatic heterocycles. The van der Waals surface area contributed by atoms with Gasteiger partial charge in [0.1, 0.15) is 0 Å². The number of carbonyl (C=O) groups excluding carboxylic acids is 1. The number of amides is 1. The van der Waals surface area contributed by atoms with E-state index >= 15 is 0 Å². The van der Waals surface area contributed by atoms with Crippen LogP contribution in [0, 0.1) is 0 Å². The van der Waals surface area contributed by atoms with Gasteiger partial charge >= 0.3 is 0 Å². The van der Waals surface area contributed by atoms with Crippen molar-refractivity contribution < 1.29 is 13.2 Å². The molecule has 1 amide bonds. The number of halogens is 1. The Labute approximate surface area is 167 Å². The summed E-state index contributed by atoms with van der Waals surface area (Å²) in [5.74, 6) is -0.687.